The summed E-state index contributed by atoms with van der Waals surface area (Å²) in [5, 5.41) is 3.51. The molecule has 1 rings (SSSR count). The van der Waals surface area contributed by atoms with Crippen LogP contribution in [-0.2, 0) is 9.84 Å². The Kier molecular flexibility index (Phi) is 6.01. The molecule has 0 aromatic heterocycles. The predicted molar refractivity (Wildman–Crippen MR) is 80.3 cm³/mol. The van der Waals surface area contributed by atoms with E-state index in [0.717, 1.165) is 19.4 Å². The minimum absolute atomic E-state index is 0.389. The molecule has 0 amide bonds. The molecule has 0 fully saturated rings. The van der Waals surface area contributed by atoms with Crippen molar-refractivity contribution in [3.63, 3.8) is 0 Å². The molecule has 0 spiro atoms. The third kappa shape index (κ3) is 4.62. The van der Waals surface area contributed by atoms with Gasteiger partial charge in [0.15, 0.2) is 9.84 Å². The fraction of sp³-hybridized carbons (Fsp3) is 0.600. The first kappa shape index (κ1) is 16.2. The first-order valence-electron chi connectivity index (χ1n) is 6.93. The topological polar surface area (TPSA) is 46.2 Å². The molecule has 2 atom stereocenters. The second-order valence-corrected chi connectivity index (χ2v) is 7.11. The minimum atomic E-state index is -3.10. The smallest absolute Gasteiger partial charge is 0.175 e. The van der Waals surface area contributed by atoms with E-state index in [-0.39, 0.29) is 0 Å². The van der Waals surface area contributed by atoms with Crippen molar-refractivity contribution < 1.29 is 8.42 Å². The van der Waals surface area contributed by atoms with Gasteiger partial charge in [-0.05, 0) is 49.9 Å². The summed E-state index contributed by atoms with van der Waals surface area (Å²) in [4.78, 5) is 0.389. The van der Waals surface area contributed by atoms with Crippen LogP contribution >= 0.6 is 0 Å². The molecule has 0 bridgehead atoms. The highest BCUT2D eigenvalue weighted by Gasteiger charge is 2.17. The van der Waals surface area contributed by atoms with Crippen LogP contribution in [0.4, 0.5) is 0 Å². The molecule has 2 unspecified atom stereocenters. The zero-order valence-corrected chi connectivity index (χ0v) is 13.1. The van der Waals surface area contributed by atoms with Crippen molar-refractivity contribution in [1.29, 1.82) is 0 Å². The van der Waals surface area contributed by atoms with E-state index < -0.39 is 9.84 Å². The Hall–Kier alpha value is -0.870. The average Bonchev–Trinajstić information content (AvgIpc) is 2.37. The zero-order chi connectivity index (χ0) is 14.5. The van der Waals surface area contributed by atoms with Gasteiger partial charge in [-0.25, -0.2) is 8.42 Å². The predicted octanol–water partition coefficient (Wildman–Crippen LogP) is 2.97. The maximum atomic E-state index is 11.4. The molecule has 0 saturated carbocycles. The number of sulfone groups is 1. The Morgan fingerprint density at radius 1 is 1.16 bits per heavy atom. The van der Waals surface area contributed by atoms with Gasteiger partial charge < -0.3 is 5.32 Å². The fourth-order valence-corrected chi connectivity index (χ4v) is 2.98. The van der Waals surface area contributed by atoms with Gasteiger partial charge in [0.2, 0.25) is 0 Å². The van der Waals surface area contributed by atoms with Crippen molar-refractivity contribution >= 4 is 9.84 Å². The number of nitrogens with one attached hydrogen (secondary N) is 1. The van der Waals surface area contributed by atoms with E-state index in [1.165, 1.54) is 11.8 Å². The lowest BCUT2D eigenvalue weighted by Gasteiger charge is -2.24. The maximum Gasteiger partial charge on any atom is 0.175 e. The van der Waals surface area contributed by atoms with Gasteiger partial charge >= 0.3 is 0 Å². The zero-order valence-electron chi connectivity index (χ0n) is 12.3. The van der Waals surface area contributed by atoms with Gasteiger partial charge in [0, 0.05) is 12.3 Å². The van der Waals surface area contributed by atoms with Crippen LogP contribution in [0.15, 0.2) is 29.2 Å². The van der Waals surface area contributed by atoms with Crippen LogP contribution in [0.3, 0.4) is 0 Å². The molecule has 1 N–H and O–H groups in total. The van der Waals surface area contributed by atoms with Crippen LogP contribution in [0.1, 0.15) is 45.1 Å². The highest BCUT2D eigenvalue weighted by molar-refractivity contribution is 7.90. The van der Waals surface area contributed by atoms with Gasteiger partial charge in [-0.1, -0.05) is 26.0 Å². The Morgan fingerprint density at radius 2 is 1.74 bits per heavy atom. The van der Waals surface area contributed by atoms with Gasteiger partial charge in [-0.15, -0.1) is 0 Å². The Morgan fingerprint density at radius 3 is 2.16 bits per heavy atom. The minimum Gasteiger partial charge on any atom is -0.314 e. The SMILES string of the molecule is CCCNC(C)C(CC)c1ccc(S(C)(=O)=O)cc1. The summed E-state index contributed by atoms with van der Waals surface area (Å²) in [6, 6.07) is 7.69. The van der Waals surface area contributed by atoms with Crippen molar-refractivity contribution in [1.82, 2.24) is 5.32 Å². The monoisotopic (exact) mass is 283 g/mol. The van der Waals surface area contributed by atoms with Crippen molar-refractivity contribution in [2.24, 2.45) is 0 Å². The van der Waals surface area contributed by atoms with Crippen molar-refractivity contribution in [2.75, 3.05) is 12.8 Å². The van der Waals surface area contributed by atoms with Gasteiger partial charge in [0.1, 0.15) is 0 Å². The largest absolute Gasteiger partial charge is 0.314 e. The van der Waals surface area contributed by atoms with Crippen LogP contribution in [0.5, 0.6) is 0 Å². The first-order chi connectivity index (χ1) is 8.90. The van der Waals surface area contributed by atoms with Gasteiger partial charge in [0.25, 0.3) is 0 Å². The Balaban J connectivity index is 2.88. The second-order valence-electron chi connectivity index (χ2n) is 5.10. The molecule has 0 aliphatic heterocycles. The fourth-order valence-electron chi connectivity index (χ4n) is 2.35. The van der Waals surface area contributed by atoms with E-state index in [4.69, 9.17) is 0 Å². The van der Waals surface area contributed by atoms with Gasteiger partial charge in [-0.3, -0.25) is 0 Å². The summed E-state index contributed by atoms with van der Waals surface area (Å²) in [6.45, 7) is 7.52. The summed E-state index contributed by atoms with van der Waals surface area (Å²) in [5.74, 6) is 0.417. The van der Waals surface area contributed by atoms with E-state index >= 15 is 0 Å². The molecule has 0 radical (unpaired) electrons. The van der Waals surface area contributed by atoms with E-state index in [2.05, 4.69) is 26.1 Å². The van der Waals surface area contributed by atoms with E-state index in [0.29, 0.717) is 16.9 Å². The van der Waals surface area contributed by atoms with Gasteiger partial charge in [0.05, 0.1) is 4.90 Å². The van der Waals surface area contributed by atoms with Crippen LogP contribution in [0.25, 0.3) is 0 Å². The van der Waals surface area contributed by atoms with Crippen LogP contribution < -0.4 is 5.32 Å². The average molecular weight is 283 g/mol. The van der Waals surface area contributed by atoms with Crippen LogP contribution in [0, 0.1) is 0 Å². The summed E-state index contributed by atoms with van der Waals surface area (Å²) >= 11 is 0. The Labute approximate surface area is 117 Å². The van der Waals surface area contributed by atoms with E-state index in [1.807, 2.05) is 12.1 Å². The number of hydrogen-bond donors (Lipinski definition) is 1. The van der Waals surface area contributed by atoms with Crippen molar-refractivity contribution in [2.45, 2.75) is 50.5 Å². The third-order valence-electron chi connectivity index (χ3n) is 3.50. The van der Waals surface area contributed by atoms with Crippen LogP contribution in [0.2, 0.25) is 0 Å². The summed E-state index contributed by atoms with van der Waals surface area (Å²) in [7, 11) is -3.10. The molecule has 0 saturated heterocycles. The molecule has 1 aromatic rings. The molecular formula is C15H25NO2S. The molecule has 19 heavy (non-hydrogen) atoms. The van der Waals surface area contributed by atoms with Crippen molar-refractivity contribution in [3.8, 4) is 0 Å². The molecule has 1 aromatic carbocycles. The normalized spacial score (nSPS) is 15.2. The van der Waals surface area contributed by atoms with Gasteiger partial charge in [-0.2, -0.15) is 0 Å². The molecule has 0 aliphatic rings. The van der Waals surface area contributed by atoms with Crippen molar-refractivity contribution in [3.05, 3.63) is 29.8 Å². The summed E-state index contributed by atoms with van der Waals surface area (Å²) in [5.41, 5.74) is 1.20. The summed E-state index contributed by atoms with van der Waals surface area (Å²) in [6.07, 6.45) is 3.40. The highest BCUT2D eigenvalue weighted by Crippen LogP contribution is 2.24. The standard InChI is InChI=1S/C15H25NO2S/c1-5-11-16-12(3)15(6-2)13-7-9-14(10-8-13)19(4,17)18/h7-10,12,15-16H,5-6,11H2,1-4H3. The quantitative estimate of drug-likeness (QED) is 0.837. The lowest BCUT2D eigenvalue weighted by molar-refractivity contribution is 0.450. The number of rotatable bonds is 7. The molecule has 0 aliphatic carbocycles. The van der Waals surface area contributed by atoms with Crippen LogP contribution in [-0.4, -0.2) is 27.3 Å². The highest BCUT2D eigenvalue weighted by atomic mass is 32.2. The second kappa shape index (κ2) is 7.06. The molecule has 3 nitrogen and oxygen atoms in total. The lowest BCUT2D eigenvalue weighted by Crippen LogP contribution is -2.32. The lowest BCUT2D eigenvalue weighted by atomic mass is 9.90. The third-order valence-corrected chi connectivity index (χ3v) is 4.62. The molecule has 108 valence electrons. The van der Waals surface area contributed by atoms with E-state index in [9.17, 15) is 8.42 Å². The maximum absolute atomic E-state index is 11.4. The number of hydrogen-bond acceptors (Lipinski definition) is 3. The molecule has 4 heteroatoms. The summed E-state index contributed by atoms with van der Waals surface area (Å²) < 4.78 is 22.9. The Bertz CT molecular complexity index is 479. The number of benzene rings is 1. The molecular weight excluding hydrogens is 258 g/mol. The molecule has 0 heterocycles. The van der Waals surface area contributed by atoms with E-state index in [1.54, 1.807) is 12.1 Å². The first-order valence-corrected chi connectivity index (χ1v) is 8.82.